The third-order valence-corrected chi connectivity index (χ3v) is 8.17. The number of allylic oxidation sites excluding steroid dienone is 2. The number of rotatable bonds is 6. The molecule has 4 nitrogen and oxygen atoms in total. The Morgan fingerprint density at radius 2 is 1.91 bits per heavy atom. The van der Waals surface area contributed by atoms with E-state index in [1.807, 2.05) is 20.0 Å². The lowest BCUT2D eigenvalue weighted by Gasteiger charge is -2.39. The highest BCUT2D eigenvalue weighted by Gasteiger charge is 2.52. The molecule has 2 N–H and O–H groups in total. The van der Waals surface area contributed by atoms with Crippen molar-refractivity contribution in [2.24, 2.45) is 11.3 Å². The highest BCUT2D eigenvalue weighted by Crippen LogP contribution is 2.63. The number of hydrogen-bond acceptors (Lipinski definition) is 4. The average molecular weight is 437 g/mol. The summed E-state index contributed by atoms with van der Waals surface area (Å²) in [6.07, 6.45) is 13.5. The zero-order valence-electron chi connectivity index (χ0n) is 20.3. The molecule has 2 saturated heterocycles. The maximum atomic E-state index is 4.74. The smallest absolute Gasteiger partial charge is 0.140 e. The number of piperidine rings is 1. The summed E-state index contributed by atoms with van der Waals surface area (Å²) in [6, 6.07) is 11.1. The van der Waals surface area contributed by atoms with Crippen molar-refractivity contribution >= 4 is 22.2 Å². The van der Waals surface area contributed by atoms with E-state index in [0.29, 0.717) is 23.5 Å². The maximum Gasteiger partial charge on any atom is 0.140 e. The monoisotopic (exact) mass is 436 g/mol. The summed E-state index contributed by atoms with van der Waals surface area (Å²) in [5, 5.41) is 8.78. The van der Waals surface area contributed by atoms with E-state index in [2.05, 4.69) is 59.9 Å². The van der Waals surface area contributed by atoms with Crippen molar-refractivity contribution in [2.75, 3.05) is 12.0 Å². The van der Waals surface area contributed by atoms with Crippen LogP contribution in [0.2, 0.25) is 0 Å². The van der Waals surface area contributed by atoms with Crippen LogP contribution in [-0.2, 0) is 0 Å². The fraction of sp³-hybridized carbons (Fsp3) is 0.607. The number of nitrogens with one attached hydrogen (secondary N) is 2. The number of aromatic nitrogens is 1. The van der Waals surface area contributed by atoms with Gasteiger partial charge in [-0.3, -0.25) is 0 Å². The van der Waals surface area contributed by atoms with Crippen LogP contribution >= 0.6 is 0 Å². The quantitative estimate of drug-likeness (QED) is 0.517. The number of pyridine rings is 1. The second-order valence-electron chi connectivity index (χ2n) is 10.5. The third kappa shape index (κ3) is 4.08. The molecule has 4 aliphatic rings. The predicted octanol–water partition coefficient (Wildman–Crippen LogP) is 6.89. The number of hydrazine groups is 1. The molecule has 3 fully saturated rings. The molecule has 0 amide bonds. The van der Waals surface area contributed by atoms with Gasteiger partial charge in [0.15, 0.2) is 0 Å². The highest BCUT2D eigenvalue weighted by molar-refractivity contribution is 5.88. The SMILES string of the molecule is CC.CCCNC1C[C@H]2CC[C@@H](C1)N2Nc1cc2cc(C3=C[C@H]4CC4(C)C3)ccc2cn1.[HH].[HH]. The van der Waals surface area contributed by atoms with E-state index in [-0.39, 0.29) is 2.85 Å². The van der Waals surface area contributed by atoms with Gasteiger partial charge in [0.2, 0.25) is 0 Å². The molecule has 2 aromatic rings. The molecule has 2 unspecified atom stereocenters. The molecule has 4 heteroatoms. The Kier molecular flexibility index (Phi) is 6.02. The lowest BCUT2D eigenvalue weighted by Crippen LogP contribution is -2.51. The van der Waals surface area contributed by atoms with E-state index >= 15 is 0 Å². The predicted molar refractivity (Wildman–Crippen MR) is 140 cm³/mol. The zero-order chi connectivity index (χ0) is 22.3. The van der Waals surface area contributed by atoms with Crippen LogP contribution in [0, 0.1) is 11.3 Å². The first kappa shape index (κ1) is 21.9. The molecular weight excluding hydrogens is 392 g/mol. The standard InChI is InChI=1S/C26H34N4.C2H6.2H2/c1-3-8-27-22-12-23-6-7-24(13-22)30(23)29-25-11-19-9-17(4-5-18(19)16-28-25)20-10-21-15-26(21,2)14-20;1-2;;/h4-5,9-11,16,21-24,27H,3,6-8,12-15H2,1-2H3,(H,28,29);1-2H3;2*1H/t21-,22?,23-,24+,26?;;;/m0.../s1. The van der Waals surface area contributed by atoms with Crippen molar-refractivity contribution in [1.29, 1.82) is 0 Å². The summed E-state index contributed by atoms with van der Waals surface area (Å²) < 4.78 is 0. The molecule has 5 atom stereocenters. The number of hydrogen-bond donors (Lipinski definition) is 2. The van der Waals surface area contributed by atoms with Gasteiger partial charge in [0, 0.05) is 32.6 Å². The molecule has 2 bridgehead atoms. The topological polar surface area (TPSA) is 40.2 Å². The van der Waals surface area contributed by atoms with Crippen LogP contribution in [0.4, 0.5) is 5.82 Å². The molecule has 6 rings (SSSR count). The molecule has 32 heavy (non-hydrogen) atoms. The van der Waals surface area contributed by atoms with Gasteiger partial charge in [-0.1, -0.05) is 45.9 Å². The van der Waals surface area contributed by atoms with Crippen LogP contribution in [0.15, 0.2) is 36.5 Å². The number of anilines is 1. The minimum absolute atomic E-state index is 0. The number of benzene rings is 1. The van der Waals surface area contributed by atoms with Crippen LogP contribution < -0.4 is 10.7 Å². The molecule has 1 aromatic carbocycles. The molecule has 0 spiro atoms. The van der Waals surface area contributed by atoms with Gasteiger partial charge in [-0.2, -0.15) is 0 Å². The Balaban J connectivity index is 0.000000790. The van der Waals surface area contributed by atoms with Crippen molar-refractivity contribution in [3.8, 4) is 0 Å². The van der Waals surface area contributed by atoms with Crippen LogP contribution in [-0.4, -0.2) is 34.7 Å². The van der Waals surface area contributed by atoms with Crippen molar-refractivity contribution in [3.05, 3.63) is 42.1 Å². The second kappa shape index (κ2) is 8.79. The van der Waals surface area contributed by atoms with Crippen LogP contribution in [0.25, 0.3) is 16.3 Å². The normalized spacial score (nSPS) is 32.8. The highest BCUT2D eigenvalue weighted by atomic mass is 15.6. The Morgan fingerprint density at radius 3 is 2.59 bits per heavy atom. The molecule has 176 valence electrons. The third-order valence-electron chi connectivity index (χ3n) is 8.17. The minimum Gasteiger partial charge on any atom is -0.314 e. The zero-order valence-corrected chi connectivity index (χ0v) is 20.3. The van der Waals surface area contributed by atoms with Crippen molar-refractivity contribution in [2.45, 2.75) is 90.8 Å². The van der Waals surface area contributed by atoms with Gasteiger partial charge in [-0.05, 0) is 91.5 Å². The van der Waals surface area contributed by atoms with E-state index in [4.69, 9.17) is 4.98 Å². The summed E-state index contributed by atoms with van der Waals surface area (Å²) in [4.78, 5) is 4.74. The molecule has 2 aliphatic carbocycles. The van der Waals surface area contributed by atoms with Crippen molar-refractivity contribution in [3.63, 3.8) is 0 Å². The van der Waals surface area contributed by atoms with Crippen LogP contribution in [0.1, 0.15) is 81.1 Å². The summed E-state index contributed by atoms with van der Waals surface area (Å²) in [5.41, 5.74) is 7.21. The Labute approximate surface area is 196 Å². The van der Waals surface area contributed by atoms with Crippen LogP contribution in [0.5, 0.6) is 0 Å². The van der Waals surface area contributed by atoms with Crippen LogP contribution in [0.3, 0.4) is 0 Å². The van der Waals surface area contributed by atoms with Gasteiger partial charge < -0.3 is 10.7 Å². The fourth-order valence-electron chi connectivity index (χ4n) is 6.25. The van der Waals surface area contributed by atoms with E-state index in [0.717, 1.165) is 18.3 Å². The Morgan fingerprint density at radius 1 is 1.12 bits per heavy atom. The molecular formula is C28H44N4. The maximum absolute atomic E-state index is 4.74. The average Bonchev–Trinajstić information content (AvgIpc) is 3.24. The van der Waals surface area contributed by atoms with Gasteiger partial charge in [-0.15, -0.1) is 0 Å². The number of nitrogens with zero attached hydrogens (tertiary/aromatic N) is 2. The molecule has 3 heterocycles. The summed E-state index contributed by atoms with van der Waals surface area (Å²) in [5.74, 6) is 1.81. The first-order valence-corrected chi connectivity index (χ1v) is 13.0. The van der Waals surface area contributed by atoms with Gasteiger partial charge in [-0.25, -0.2) is 9.99 Å². The first-order valence-electron chi connectivity index (χ1n) is 13.0. The fourth-order valence-corrected chi connectivity index (χ4v) is 6.25. The largest absolute Gasteiger partial charge is 0.314 e. The van der Waals surface area contributed by atoms with Crippen molar-refractivity contribution in [1.82, 2.24) is 15.3 Å². The first-order chi connectivity index (χ1) is 15.6. The number of fused-ring (bicyclic) bond motifs is 4. The lowest BCUT2D eigenvalue weighted by atomic mass is 9.96. The van der Waals surface area contributed by atoms with E-state index in [1.54, 1.807) is 5.57 Å². The molecule has 2 aliphatic heterocycles. The van der Waals surface area contributed by atoms with E-state index in [1.165, 1.54) is 61.3 Å². The van der Waals surface area contributed by atoms with Gasteiger partial charge in [0.05, 0.1) is 0 Å². The van der Waals surface area contributed by atoms with Gasteiger partial charge >= 0.3 is 0 Å². The second-order valence-corrected chi connectivity index (χ2v) is 10.5. The lowest BCUT2D eigenvalue weighted by molar-refractivity contribution is 0.146. The Hall–Kier alpha value is -1.91. The Bertz CT molecular complexity index is 995. The molecule has 0 radical (unpaired) electrons. The summed E-state index contributed by atoms with van der Waals surface area (Å²) in [6.45, 7) is 9.83. The molecule has 1 saturated carbocycles. The van der Waals surface area contributed by atoms with Gasteiger partial charge in [0.1, 0.15) is 5.82 Å². The summed E-state index contributed by atoms with van der Waals surface area (Å²) in [7, 11) is 0. The minimum atomic E-state index is 0. The van der Waals surface area contributed by atoms with E-state index < -0.39 is 0 Å². The summed E-state index contributed by atoms with van der Waals surface area (Å²) >= 11 is 0. The van der Waals surface area contributed by atoms with Gasteiger partial charge in [0.25, 0.3) is 0 Å². The van der Waals surface area contributed by atoms with Crippen molar-refractivity contribution < 1.29 is 2.85 Å². The van der Waals surface area contributed by atoms with E-state index in [9.17, 15) is 0 Å². The molecule has 1 aromatic heterocycles.